The molecule has 0 saturated heterocycles. The Hall–Kier alpha value is -3.08. The largest absolute Gasteiger partial charge is 0.497 e. The maximum Gasteiger partial charge on any atom is 0.303 e. The summed E-state index contributed by atoms with van der Waals surface area (Å²) in [5.74, 6) is 0.435. The first-order chi connectivity index (χ1) is 12.1. The molecule has 5 heteroatoms. The Morgan fingerprint density at radius 2 is 1.64 bits per heavy atom. The monoisotopic (exact) mass is 340 g/mol. The van der Waals surface area contributed by atoms with E-state index in [2.05, 4.69) is 0 Å². The third kappa shape index (κ3) is 6.14. The number of benzene rings is 2. The van der Waals surface area contributed by atoms with Gasteiger partial charge < -0.3 is 14.6 Å². The van der Waals surface area contributed by atoms with Gasteiger partial charge in [0.1, 0.15) is 11.5 Å². The number of allylic oxidation sites excluding steroid dienone is 1. The molecule has 0 fully saturated rings. The highest BCUT2D eigenvalue weighted by molar-refractivity contribution is 6.06. The summed E-state index contributed by atoms with van der Waals surface area (Å²) in [5.41, 5.74) is 1.47. The smallest absolute Gasteiger partial charge is 0.303 e. The minimum Gasteiger partial charge on any atom is -0.497 e. The Balaban J connectivity index is 1.88. The number of aliphatic carboxylic acids is 1. The fraction of sp³-hybridized carbons (Fsp3) is 0.200. The second-order valence-corrected chi connectivity index (χ2v) is 5.34. The van der Waals surface area contributed by atoms with E-state index in [1.807, 2.05) is 24.3 Å². The lowest BCUT2D eigenvalue weighted by Gasteiger charge is -2.05. The first-order valence-electron chi connectivity index (χ1n) is 7.89. The van der Waals surface area contributed by atoms with Crippen LogP contribution in [-0.2, 0) is 4.79 Å². The first kappa shape index (κ1) is 18.3. The van der Waals surface area contributed by atoms with E-state index in [1.54, 1.807) is 37.5 Å². The normalized spacial score (nSPS) is 10.6. The Kier molecular flexibility index (Phi) is 6.77. The van der Waals surface area contributed by atoms with Crippen molar-refractivity contribution in [2.75, 3.05) is 13.7 Å². The van der Waals surface area contributed by atoms with Crippen molar-refractivity contribution in [1.29, 1.82) is 0 Å². The molecule has 2 rings (SSSR count). The predicted octanol–water partition coefficient (Wildman–Crippen LogP) is 3.83. The average molecular weight is 340 g/mol. The Morgan fingerprint density at radius 1 is 1.00 bits per heavy atom. The predicted molar refractivity (Wildman–Crippen MR) is 95.2 cm³/mol. The molecule has 0 spiro atoms. The molecule has 0 radical (unpaired) electrons. The molecular formula is C20H20O5. The summed E-state index contributed by atoms with van der Waals surface area (Å²) in [6, 6.07) is 14.2. The van der Waals surface area contributed by atoms with E-state index < -0.39 is 5.97 Å². The van der Waals surface area contributed by atoms with E-state index in [9.17, 15) is 9.59 Å². The van der Waals surface area contributed by atoms with Crippen LogP contribution in [0.25, 0.3) is 6.08 Å². The highest BCUT2D eigenvalue weighted by Crippen LogP contribution is 2.15. The van der Waals surface area contributed by atoms with Gasteiger partial charge in [0.15, 0.2) is 5.78 Å². The summed E-state index contributed by atoms with van der Waals surface area (Å²) >= 11 is 0. The molecule has 25 heavy (non-hydrogen) atoms. The average Bonchev–Trinajstić information content (AvgIpc) is 2.64. The van der Waals surface area contributed by atoms with E-state index >= 15 is 0 Å². The number of methoxy groups -OCH3 is 1. The SMILES string of the molecule is COc1ccc(/C=C/C(=O)c2ccc(OCCCC(=O)O)cc2)cc1. The van der Waals surface area contributed by atoms with Crippen molar-refractivity contribution in [3.63, 3.8) is 0 Å². The van der Waals surface area contributed by atoms with E-state index in [0.717, 1.165) is 11.3 Å². The number of ether oxygens (including phenoxy) is 2. The molecule has 0 aromatic heterocycles. The summed E-state index contributed by atoms with van der Waals surface area (Å²) in [7, 11) is 1.61. The van der Waals surface area contributed by atoms with Crippen LogP contribution < -0.4 is 9.47 Å². The first-order valence-corrected chi connectivity index (χ1v) is 7.89. The fourth-order valence-electron chi connectivity index (χ4n) is 2.11. The Labute approximate surface area is 146 Å². The van der Waals surface area contributed by atoms with Crippen molar-refractivity contribution >= 4 is 17.8 Å². The molecule has 0 saturated carbocycles. The highest BCUT2D eigenvalue weighted by Gasteiger charge is 2.03. The van der Waals surface area contributed by atoms with Crippen LogP contribution in [0, 0.1) is 0 Å². The number of rotatable bonds is 9. The standard InChI is InChI=1S/C20H20O5/c1-24-17-9-4-15(5-10-17)6-13-19(21)16-7-11-18(12-8-16)25-14-2-3-20(22)23/h4-13H,2-3,14H2,1H3,(H,22,23)/b13-6+. The van der Waals surface area contributed by atoms with Crippen LogP contribution in [-0.4, -0.2) is 30.6 Å². The summed E-state index contributed by atoms with van der Waals surface area (Å²) in [5, 5.41) is 8.56. The van der Waals surface area contributed by atoms with Crippen molar-refractivity contribution in [3.05, 3.63) is 65.7 Å². The molecule has 130 valence electrons. The third-order valence-electron chi connectivity index (χ3n) is 3.49. The molecule has 0 atom stereocenters. The molecule has 2 aromatic carbocycles. The number of carbonyl (C=O) groups is 2. The molecule has 5 nitrogen and oxygen atoms in total. The van der Waals surface area contributed by atoms with Crippen LogP contribution >= 0.6 is 0 Å². The van der Waals surface area contributed by atoms with Gasteiger partial charge in [0.25, 0.3) is 0 Å². The number of hydrogen-bond acceptors (Lipinski definition) is 4. The van der Waals surface area contributed by atoms with Crippen LogP contribution in [0.5, 0.6) is 11.5 Å². The molecule has 0 unspecified atom stereocenters. The minimum atomic E-state index is -0.840. The Bertz CT molecular complexity index is 730. The lowest BCUT2D eigenvalue weighted by molar-refractivity contribution is -0.137. The lowest BCUT2D eigenvalue weighted by Crippen LogP contribution is -2.02. The van der Waals surface area contributed by atoms with Gasteiger partial charge in [-0.2, -0.15) is 0 Å². The van der Waals surface area contributed by atoms with Gasteiger partial charge in [-0.15, -0.1) is 0 Å². The van der Waals surface area contributed by atoms with Crippen LogP contribution in [0.2, 0.25) is 0 Å². The maximum absolute atomic E-state index is 12.2. The zero-order chi connectivity index (χ0) is 18.1. The van der Waals surface area contributed by atoms with Crippen molar-refractivity contribution in [2.45, 2.75) is 12.8 Å². The number of carboxylic acid groups (broad SMARTS) is 1. The molecule has 2 aromatic rings. The quantitative estimate of drug-likeness (QED) is 0.427. The summed E-state index contributed by atoms with van der Waals surface area (Å²) < 4.78 is 10.5. The van der Waals surface area contributed by atoms with Gasteiger partial charge in [-0.3, -0.25) is 9.59 Å². The van der Waals surface area contributed by atoms with E-state index in [4.69, 9.17) is 14.6 Å². The van der Waals surface area contributed by atoms with Gasteiger partial charge in [-0.05, 0) is 54.5 Å². The summed E-state index contributed by atoms with van der Waals surface area (Å²) in [6.07, 6.45) is 3.79. The molecule has 0 amide bonds. The summed E-state index contributed by atoms with van der Waals surface area (Å²) in [4.78, 5) is 22.6. The highest BCUT2D eigenvalue weighted by atomic mass is 16.5. The van der Waals surface area contributed by atoms with Gasteiger partial charge in [0.05, 0.1) is 13.7 Å². The number of hydrogen-bond donors (Lipinski definition) is 1. The van der Waals surface area contributed by atoms with Crippen molar-refractivity contribution < 1.29 is 24.2 Å². The van der Waals surface area contributed by atoms with E-state index in [1.165, 1.54) is 6.08 Å². The maximum atomic E-state index is 12.2. The van der Waals surface area contributed by atoms with Crippen molar-refractivity contribution in [3.8, 4) is 11.5 Å². The second kappa shape index (κ2) is 9.27. The minimum absolute atomic E-state index is 0.0761. The number of carboxylic acids is 1. The topological polar surface area (TPSA) is 72.8 Å². The van der Waals surface area contributed by atoms with Crippen molar-refractivity contribution in [1.82, 2.24) is 0 Å². The van der Waals surface area contributed by atoms with Gasteiger partial charge in [-0.1, -0.05) is 18.2 Å². The van der Waals surface area contributed by atoms with Crippen LogP contribution in [0.1, 0.15) is 28.8 Å². The van der Waals surface area contributed by atoms with Gasteiger partial charge in [-0.25, -0.2) is 0 Å². The molecule has 0 aliphatic carbocycles. The Morgan fingerprint density at radius 3 is 2.24 bits per heavy atom. The second-order valence-electron chi connectivity index (χ2n) is 5.34. The molecule has 0 bridgehead atoms. The third-order valence-corrected chi connectivity index (χ3v) is 3.49. The van der Waals surface area contributed by atoms with Crippen LogP contribution in [0.3, 0.4) is 0 Å². The van der Waals surface area contributed by atoms with Gasteiger partial charge in [0.2, 0.25) is 0 Å². The molecule has 0 heterocycles. The van der Waals surface area contributed by atoms with E-state index in [0.29, 0.717) is 24.3 Å². The zero-order valence-electron chi connectivity index (χ0n) is 14.0. The number of carbonyl (C=O) groups excluding carboxylic acids is 1. The molecule has 0 aliphatic rings. The summed E-state index contributed by atoms with van der Waals surface area (Å²) in [6.45, 7) is 0.330. The van der Waals surface area contributed by atoms with Gasteiger partial charge in [0, 0.05) is 12.0 Å². The fourth-order valence-corrected chi connectivity index (χ4v) is 2.11. The number of ketones is 1. The van der Waals surface area contributed by atoms with E-state index in [-0.39, 0.29) is 12.2 Å². The molecule has 1 N–H and O–H groups in total. The molecular weight excluding hydrogens is 320 g/mol. The molecule has 0 aliphatic heterocycles. The van der Waals surface area contributed by atoms with Crippen LogP contribution in [0.15, 0.2) is 54.6 Å². The zero-order valence-corrected chi connectivity index (χ0v) is 14.0. The van der Waals surface area contributed by atoms with Crippen LogP contribution in [0.4, 0.5) is 0 Å². The van der Waals surface area contributed by atoms with Gasteiger partial charge >= 0.3 is 5.97 Å². The van der Waals surface area contributed by atoms with Crippen molar-refractivity contribution in [2.24, 2.45) is 0 Å². The lowest BCUT2D eigenvalue weighted by atomic mass is 10.1.